The third-order valence-electron chi connectivity index (χ3n) is 4.77. The maximum atomic E-state index is 13.7. The average molecular weight is 431 g/mol. The number of carbonyl (C=O) groups is 1. The van der Waals surface area contributed by atoms with Crippen LogP contribution in [-0.2, 0) is 13.6 Å². The summed E-state index contributed by atoms with van der Waals surface area (Å²) in [6.45, 7) is 0.186. The van der Waals surface area contributed by atoms with Gasteiger partial charge in [0.15, 0.2) is 5.65 Å². The van der Waals surface area contributed by atoms with Gasteiger partial charge in [0.25, 0.3) is 12.3 Å². The standard InChI is InChI=1S/C20H17ClF2N6O/c1-27(11-17-14(21)10-24-28(17)2)20(30)13-9-25-29-16(18(22)23)8-15(26-19(13)29)12-6-4-3-5-7-12/h3-10,18H,11H2,1-2H3. The molecule has 7 nitrogen and oxygen atoms in total. The summed E-state index contributed by atoms with van der Waals surface area (Å²) in [7, 11) is 3.31. The van der Waals surface area contributed by atoms with Crippen molar-refractivity contribution in [2.75, 3.05) is 7.05 Å². The van der Waals surface area contributed by atoms with Gasteiger partial charge in [-0.15, -0.1) is 0 Å². The van der Waals surface area contributed by atoms with Crippen LogP contribution < -0.4 is 0 Å². The van der Waals surface area contributed by atoms with E-state index in [9.17, 15) is 13.6 Å². The molecule has 0 saturated heterocycles. The van der Waals surface area contributed by atoms with Crippen molar-refractivity contribution >= 4 is 23.2 Å². The second-order valence-corrected chi connectivity index (χ2v) is 7.16. The summed E-state index contributed by atoms with van der Waals surface area (Å²) in [5.74, 6) is -0.416. The van der Waals surface area contributed by atoms with Crippen LogP contribution in [0.5, 0.6) is 0 Å². The number of nitrogens with zero attached hydrogens (tertiary/aromatic N) is 6. The van der Waals surface area contributed by atoms with E-state index in [1.807, 2.05) is 6.07 Å². The van der Waals surface area contributed by atoms with Gasteiger partial charge in [0, 0.05) is 19.7 Å². The average Bonchev–Trinajstić information content (AvgIpc) is 3.31. The molecule has 154 valence electrons. The first kappa shape index (κ1) is 20.0. The fourth-order valence-electron chi connectivity index (χ4n) is 3.17. The molecule has 0 atom stereocenters. The molecule has 0 aliphatic rings. The number of alkyl halides is 2. The number of fused-ring (bicyclic) bond motifs is 1. The first-order valence-corrected chi connectivity index (χ1v) is 9.38. The number of rotatable bonds is 5. The van der Waals surface area contributed by atoms with Gasteiger partial charge in [-0.2, -0.15) is 10.2 Å². The number of halogens is 3. The smallest absolute Gasteiger partial charge is 0.280 e. The van der Waals surface area contributed by atoms with E-state index in [2.05, 4.69) is 15.2 Å². The molecule has 3 aromatic heterocycles. The SMILES string of the molecule is CN(Cc1c(Cl)cnn1C)C(=O)c1cnn2c(C(F)F)cc(-c3ccccc3)nc12. The Morgan fingerprint density at radius 2 is 1.93 bits per heavy atom. The lowest BCUT2D eigenvalue weighted by molar-refractivity contribution is 0.0783. The molecule has 0 bridgehead atoms. The number of benzene rings is 1. The molecule has 0 fully saturated rings. The molecule has 4 aromatic rings. The molecule has 0 aliphatic carbocycles. The number of hydrogen-bond donors (Lipinski definition) is 0. The highest BCUT2D eigenvalue weighted by atomic mass is 35.5. The van der Waals surface area contributed by atoms with Crippen LogP contribution in [0.2, 0.25) is 5.02 Å². The quantitative estimate of drug-likeness (QED) is 0.480. The van der Waals surface area contributed by atoms with E-state index >= 15 is 0 Å². The van der Waals surface area contributed by atoms with E-state index in [1.165, 1.54) is 23.4 Å². The van der Waals surface area contributed by atoms with Gasteiger partial charge in [0.2, 0.25) is 0 Å². The summed E-state index contributed by atoms with van der Waals surface area (Å²) in [5.41, 5.74) is 1.50. The molecule has 0 radical (unpaired) electrons. The van der Waals surface area contributed by atoms with Crippen molar-refractivity contribution in [2.45, 2.75) is 13.0 Å². The summed E-state index contributed by atoms with van der Waals surface area (Å²) < 4.78 is 30.0. The van der Waals surface area contributed by atoms with Crippen LogP contribution in [0, 0.1) is 0 Å². The van der Waals surface area contributed by atoms with Crippen molar-refractivity contribution in [3.63, 3.8) is 0 Å². The molecule has 0 N–H and O–H groups in total. The maximum Gasteiger partial charge on any atom is 0.280 e. The lowest BCUT2D eigenvalue weighted by Gasteiger charge is -2.17. The Morgan fingerprint density at radius 1 is 1.20 bits per heavy atom. The van der Waals surface area contributed by atoms with E-state index in [0.717, 1.165) is 4.52 Å². The Labute approximate surface area is 175 Å². The van der Waals surface area contributed by atoms with E-state index in [1.54, 1.807) is 43.0 Å². The molecule has 0 spiro atoms. The highest BCUT2D eigenvalue weighted by molar-refractivity contribution is 6.31. The second-order valence-electron chi connectivity index (χ2n) is 6.75. The number of amides is 1. The Morgan fingerprint density at radius 3 is 2.57 bits per heavy atom. The molecule has 3 heterocycles. The fourth-order valence-corrected chi connectivity index (χ4v) is 3.39. The largest absolute Gasteiger partial charge is 0.336 e. The number of aryl methyl sites for hydroxylation is 1. The predicted octanol–water partition coefficient (Wildman–Crippen LogP) is 3.99. The Bertz CT molecular complexity index is 1200. The molecule has 4 rings (SSSR count). The third-order valence-corrected chi connectivity index (χ3v) is 5.08. The van der Waals surface area contributed by atoms with Gasteiger partial charge in [-0.3, -0.25) is 9.48 Å². The minimum Gasteiger partial charge on any atom is -0.336 e. The molecular formula is C20H17ClF2N6O. The van der Waals surface area contributed by atoms with Crippen LogP contribution in [0.25, 0.3) is 16.9 Å². The molecule has 1 amide bonds. The zero-order chi connectivity index (χ0) is 21.4. The lowest BCUT2D eigenvalue weighted by Crippen LogP contribution is -2.27. The first-order chi connectivity index (χ1) is 14.4. The molecule has 0 aliphatic heterocycles. The Kier molecular flexibility index (Phi) is 5.21. The Balaban J connectivity index is 1.77. The normalized spacial score (nSPS) is 11.4. The van der Waals surface area contributed by atoms with Crippen molar-refractivity contribution in [3.05, 3.63) is 70.8 Å². The van der Waals surface area contributed by atoms with Gasteiger partial charge in [-0.05, 0) is 6.07 Å². The van der Waals surface area contributed by atoms with E-state index in [-0.39, 0.29) is 23.4 Å². The predicted molar refractivity (Wildman–Crippen MR) is 107 cm³/mol. The van der Waals surface area contributed by atoms with Gasteiger partial charge in [0.1, 0.15) is 11.3 Å². The number of carbonyl (C=O) groups excluding carboxylic acids is 1. The van der Waals surface area contributed by atoms with Crippen LogP contribution in [0.3, 0.4) is 0 Å². The van der Waals surface area contributed by atoms with E-state index in [4.69, 9.17) is 11.6 Å². The minimum absolute atomic E-state index is 0.0691. The van der Waals surface area contributed by atoms with Gasteiger partial charge in [-0.1, -0.05) is 41.9 Å². The van der Waals surface area contributed by atoms with Gasteiger partial charge < -0.3 is 4.90 Å². The molecular weight excluding hydrogens is 414 g/mol. The van der Waals surface area contributed by atoms with Gasteiger partial charge >= 0.3 is 0 Å². The Hall–Kier alpha value is -3.33. The van der Waals surface area contributed by atoms with E-state index in [0.29, 0.717) is 22.0 Å². The third kappa shape index (κ3) is 3.52. The maximum absolute atomic E-state index is 13.7. The molecule has 30 heavy (non-hydrogen) atoms. The van der Waals surface area contributed by atoms with Crippen molar-refractivity contribution in [1.29, 1.82) is 0 Å². The van der Waals surface area contributed by atoms with Crippen LogP contribution in [-0.4, -0.2) is 42.2 Å². The van der Waals surface area contributed by atoms with Crippen molar-refractivity contribution in [2.24, 2.45) is 7.05 Å². The summed E-state index contributed by atoms with van der Waals surface area (Å²) >= 11 is 6.12. The zero-order valence-corrected chi connectivity index (χ0v) is 16.9. The summed E-state index contributed by atoms with van der Waals surface area (Å²) in [6.07, 6.45) is -0.0356. The zero-order valence-electron chi connectivity index (χ0n) is 16.1. The number of aromatic nitrogens is 5. The van der Waals surface area contributed by atoms with E-state index < -0.39 is 12.3 Å². The topological polar surface area (TPSA) is 68.3 Å². The van der Waals surface area contributed by atoms with Gasteiger partial charge in [-0.25, -0.2) is 18.3 Å². The first-order valence-electron chi connectivity index (χ1n) is 9.01. The van der Waals surface area contributed by atoms with Crippen LogP contribution in [0.15, 0.2) is 48.8 Å². The monoisotopic (exact) mass is 430 g/mol. The van der Waals surface area contributed by atoms with Crippen molar-refractivity contribution < 1.29 is 13.6 Å². The van der Waals surface area contributed by atoms with Crippen LogP contribution in [0.4, 0.5) is 8.78 Å². The molecule has 10 heteroatoms. The highest BCUT2D eigenvalue weighted by Gasteiger charge is 2.24. The lowest BCUT2D eigenvalue weighted by atomic mass is 10.1. The highest BCUT2D eigenvalue weighted by Crippen LogP contribution is 2.27. The van der Waals surface area contributed by atoms with Crippen LogP contribution >= 0.6 is 11.6 Å². The minimum atomic E-state index is -2.79. The molecule has 1 aromatic carbocycles. The summed E-state index contributed by atoms with van der Waals surface area (Å²) in [6, 6.07) is 10.2. The number of hydrogen-bond acceptors (Lipinski definition) is 4. The van der Waals surface area contributed by atoms with Crippen molar-refractivity contribution in [1.82, 2.24) is 29.3 Å². The molecule has 0 saturated carbocycles. The van der Waals surface area contributed by atoms with Crippen LogP contribution in [0.1, 0.15) is 28.2 Å². The fraction of sp³-hybridized carbons (Fsp3) is 0.200. The second kappa shape index (κ2) is 7.83. The molecule has 0 unspecified atom stereocenters. The summed E-state index contributed by atoms with van der Waals surface area (Å²) in [4.78, 5) is 18.9. The van der Waals surface area contributed by atoms with Crippen molar-refractivity contribution in [3.8, 4) is 11.3 Å². The van der Waals surface area contributed by atoms with Gasteiger partial charge in [0.05, 0.1) is 35.3 Å². The summed E-state index contributed by atoms with van der Waals surface area (Å²) in [5, 5.41) is 8.48.